The Morgan fingerprint density at radius 2 is 2.30 bits per heavy atom. The van der Waals surface area contributed by atoms with E-state index in [4.69, 9.17) is 10.6 Å². The number of nitrogens with two attached hydrogens (primary N) is 1. The molecule has 0 heterocycles. The number of nitrogen functional groups attached to an aromatic ring is 1. The van der Waals surface area contributed by atoms with Gasteiger partial charge in [0.15, 0.2) is 0 Å². The fraction of sp³-hybridized carbons (Fsp3) is 0.533. The van der Waals surface area contributed by atoms with Crippen LogP contribution in [0.2, 0.25) is 0 Å². The lowest BCUT2D eigenvalue weighted by molar-refractivity contribution is 0.0953. The summed E-state index contributed by atoms with van der Waals surface area (Å²) in [5.74, 6) is 6.41. The molecule has 5 nitrogen and oxygen atoms in total. The average Bonchev–Trinajstić information content (AvgIpc) is 3.29. The largest absolute Gasteiger partial charge is 0.492 e. The molecule has 0 saturated heterocycles. The van der Waals surface area contributed by atoms with E-state index in [1.54, 1.807) is 18.2 Å². The third-order valence-corrected chi connectivity index (χ3v) is 3.56. The van der Waals surface area contributed by atoms with Crippen LogP contribution in [0.15, 0.2) is 24.3 Å². The summed E-state index contributed by atoms with van der Waals surface area (Å²) in [5.41, 5.74) is 2.63. The molecule has 0 spiro atoms. The average molecular weight is 277 g/mol. The maximum Gasteiger partial charge on any atom is 0.265 e. The molecule has 2 rings (SSSR count). The van der Waals surface area contributed by atoms with Crippen LogP contribution in [0.3, 0.4) is 0 Å². The number of ether oxygens (including phenoxy) is 1. The van der Waals surface area contributed by atoms with E-state index in [0.29, 0.717) is 17.9 Å². The highest BCUT2D eigenvalue weighted by Crippen LogP contribution is 2.29. The monoisotopic (exact) mass is 277 g/mol. The van der Waals surface area contributed by atoms with Crippen LogP contribution in [0.1, 0.15) is 30.1 Å². The van der Waals surface area contributed by atoms with E-state index in [1.165, 1.54) is 19.4 Å². The highest BCUT2D eigenvalue weighted by molar-refractivity contribution is 5.94. The molecule has 1 saturated carbocycles. The summed E-state index contributed by atoms with van der Waals surface area (Å²) < 4.78 is 5.71. The van der Waals surface area contributed by atoms with Crippen molar-refractivity contribution in [2.24, 2.45) is 11.8 Å². The Balaban J connectivity index is 1.79. The van der Waals surface area contributed by atoms with Crippen molar-refractivity contribution in [1.82, 2.24) is 10.3 Å². The quantitative estimate of drug-likeness (QED) is 0.428. The zero-order valence-electron chi connectivity index (χ0n) is 12.0. The number of likely N-dealkylation sites (N-methyl/N-ethyl adjacent to an activating group) is 1. The van der Waals surface area contributed by atoms with E-state index in [0.717, 1.165) is 19.0 Å². The van der Waals surface area contributed by atoms with Crippen molar-refractivity contribution in [2.75, 3.05) is 26.2 Å². The zero-order valence-corrected chi connectivity index (χ0v) is 12.0. The Kier molecular flexibility index (Phi) is 5.38. The van der Waals surface area contributed by atoms with Gasteiger partial charge in [-0.05, 0) is 43.5 Å². The molecule has 1 aromatic rings. The van der Waals surface area contributed by atoms with Crippen molar-refractivity contribution in [2.45, 2.75) is 19.8 Å². The van der Waals surface area contributed by atoms with Gasteiger partial charge in [0.2, 0.25) is 0 Å². The second-order valence-electron chi connectivity index (χ2n) is 5.19. The smallest absolute Gasteiger partial charge is 0.265 e. The van der Waals surface area contributed by atoms with Gasteiger partial charge < -0.3 is 4.74 Å². The van der Waals surface area contributed by atoms with Gasteiger partial charge in [0.1, 0.15) is 12.4 Å². The first kappa shape index (κ1) is 14.8. The van der Waals surface area contributed by atoms with E-state index in [1.807, 2.05) is 6.07 Å². The lowest BCUT2D eigenvalue weighted by Gasteiger charge is -2.20. The predicted molar refractivity (Wildman–Crippen MR) is 78.4 cm³/mol. The Morgan fingerprint density at radius 1 is 1.50 bits per heavy atom. The van der Waals surface area contributed by atoms with Crippen molar-refractivity contribution in [3.8, 4) is 5.75 Å². The van der Waals surface area contributed by atoms with Crippen LogP contribution in [-0.2, 0) is 0 Å². The van der Waals surface area contributed by atoms with Gasteiger partial charge in [0.25, 0.3) is 5.91 Å². The Hall–Kier alpha value is -1.59. The van der Waals surface area contributed by atoms with Crippen LogP contribution in [0.25, 0.3) is 0 Å². The fourth-order valence-electron chi connectivity index (χ4n) is 2.15. The number of benzene rings is 1. The first-order valence-corrected chi connectivity index (χ1v) is 7.19. The number of rotatable bonds is 8. The summed E-state index contributed by atoms with van der Waals surface area (Å²) >= 11 is 0. The number of hydrogen-bond donors (Lipinski definition) is 2. The SMILES string of the molecule is CCN(CCOc1cccc(C(=O)NN)c1)CC1CC1. The van der Waals surface area contributed by atoms with Crippen LogP contribution >= 0.6 is 0 Å². The number of carbonyl (C=O) groups excluding carboxylic acids is 1. The molecule has 1 aliphatic carbocycles. The van der Waals surface area contributed by atoms with Gasteiger partial charge in [-0.2, -0.15) is 0 Å². The molecule has 1 fully saturated rings. The maximum atomic E-state index is 11.4. The van der Waals surface area contributed by atoms with Crippen molar-refractivity contribution in [3.63, 3.8) is 0 Å². The van der Waals surface area contributed by atoms with Crippen LogP contribution in [0.5, 0.6) is 5.75 Å². The molecule has 1 aliphatic rings. The number of amides is 1. The lowest BCUT2D eigenvalue weighted by atomic mass is 10.2. The lowest BCUT2D eigenvalue weighted by Crippen LogP contribution is -2.30. The highest BCUT2D eigenvalue weighted by Gasteiger charge is 2.23. The molecule has 0 aromatic heterocycles. The van der Waals surface area contributed by atoms with E-state index in [-0.39, 0.29) is 5.91 Å². The normalized spacial score (nSPS) is 14.3. The molecule has 0 unspecified atom stereocenters. The van der Waals surface area contributed by atoms with Crippen molar-refractivity contribution >= 4 is 5.91 Å². The summed E-state index contributed by atoms with van der Waals surface area (Å²) in [5, 5.41) is 0. The van der Waals surface area contributed by atoms with Gasteiger partial charge in [-0.3, -0.25) is 15.1 Å². The molecule has 1 amide bonds. The molecule has 0 atom stereocenters. The van der Waals surface area contributed by atoms with Crippen molar-refractivity contribution < 1.29 is 9.53 Å². The molecule has 5 heteroatoms. The number of nitrogens with zero attached hydrogens (tertiary/aromatic N) is 1. The van der Waals surface area contributed by atoms with Gasteiger partial charge >= 0.3 is 0 Å². The van der Waals surface area contributed by atoms with Crippen LogP contribution in [0.4, 0.5) is 0 Å². The van der Waals surface area contributed by atoms with Crippen LogP contribution < -0.4 is 16.0 Å². The van der Waals surface area contributed by atoms with E-state index < -0.39 is 0 Å². The third-order valence-electron chi connectivity index (χ3n) is 3.56. The van der Waals surface area contributed by atoms with E-state index in [9.17, 15) is 4.79 Å². The van der Waals surface area contributed by atoms with Crippen molar-refractivity contribution in [1.29, 1.82) is 0 Å². The molecule has 110 valence electrons. The Morgan fingerprint density at radius 3 is 2.95 bits per heavy atom. The summed E-state index contributed by atoms with van der Waals surface area (Å²) in [6, 6.07) is 7.06. The van der Waals surface area contributed by atoms with Gasteiger partial charge in [-0.15, -0.1) is 0 Å². The molecule has 0 aliphatic heterocycles. The van der Waals surface area contributed by atoms with Crippen LogP contribution in [-0.4, -0.2) is 37.0 Å². The molecule has 3 N–H and O–H groups in total. The van der Waals surface area contributed by atoms with Crippen molar-refractivity contribution in [3.05, 3.63) is 29.8 Å². The van der Waals surface area contributed by atoms with Crippen LogP contribution in [0, 0.1) is 5.92 Å². The predicted octanol–water partition coefficient (Wildman–Crippen LogP) is 1.40. The topological polar surface area (TPSA) is 67.6 Å². The summed E-state index contributed by atoms with van der Waals surface area (Å²) in [4.78, 5) is 13.8. The minimum absolute atomic E-state index is 0.306. The second-order valence-corrected chi connectivity index (χ2v) is 5.19. The molecule has 1 aromatic carbocycles. The summed E-state index contributed by atoms with van der Waals surface area (Å²) in [6.07, 6.45) is 2.74. The van der Waals surface area contributed by atoms with Gasteiger partial charge in [-0.1, -0.05) is 13.0 Å². The minimum Gasteiger partial charge on any atom is -0.492 e. The first-order valence-electron chi connectivity index (χ1n) is 7.19. The second kappa shape index (κ2) is 7.26. The molecule has 20 heavy (non-hydrogen) atoms. The first-order chi connectivity index (χ1) is 9.72. The van der Waals surface area contributed by atoms with E-state index in [2.05, 4.69) is 17.2 Å². The number of hydrogen-bond acceptors (Lipinski definition) is 4. The van der Waals surface area contributed by atoms with Gasteiger partial charge in [-0.25, -0.2) is 5.84 Å². The van der Waals surface area contributed by atoms with E-state index >= 15 is 0 Å². The minimum atomic E-state index is -0.306. The molecular weight excluding hydrogens is 254 g/mol. The Bertz CT molecular complexity index is 446. The third kappa shape index (κ3) is 4.51. The molecule has 0 radical (unpaired) electrons. The van der Waals surface area contributed by atoms with Gasteiger partial charge in [0, 0.05) is 18.7 Å². The number of nitrogens with one attached hydrogen (secondary N) is 1. The number of hydrazine groups is 1. The highest BCUT2D eigenvalue weighted by atomic mass is 16.5. The maximum absolute atomic E-state index is 11.4. The molecule has 0 bridgehead atoms. The standard InChI is InChI=1S/C15H23N3O2/c1-2-18(11-12-6-7-12)8-9-20-14-5-3-4-13(10-14)15(19)17-16/h3-5,10,12H,2,6-9,11,16H2,1H3,(H,17,19). The molecular formula is C15H23N3O2. The number of carbonyl (C=O) groups is 1. The summed E-state index contributed by atoms with van der Waals surface area (Å²) in [6.45, 7) is 5.95. The van der Waals surface area contributed by atoms with Gasteiger partial charge in [0.05, 0.1) is 0 Å². The Labute approximate surface area is 120 Å². The fourth-order valence-corrected chi connectivity index (χ4v) is 2.15. The zero-order chi connectivity index (χ0) is 14.4. The summed E-state index contributed by atoms with van der Waals surface area (Å²) in [7, 11) is 0.